The van der Waals surface area contributed by atoms with Gasteiger partial charge in [0.2, 0.25) is 0 Å². The number of hydrogen-bond acceptors (Lipinski definition) is 1. The first-order chi connectivity index (χ1) is 5.56. The molecule has 0 saturated carbocycles. The molecule has 0 fully saturated rings. The molecule has 0 unspecified atom stereocenters. The third-order valence-corrected chi connectivity index (χ3v) is 1.75. The molecular weight excluding hydrogens is 146 g/mol. The summed E-state index contributed by atoms with van der Waals surface area (Å²) in [5.74, 6) is 0.688. The molecule has 0 amide bonds. The standard InChI is InChI=1S/C11H21N/c1-6-10(4)7-11(5)12-8-9(2)3/h6,9,12H,5,7-8H2,1-4H3/b10-6+. The van der Waals surface area contributed by atoms with Crippen molar-refractivity contribution in [2.24, 2.45) is 5.92 Å². The summed E-state index contributed by atoms with van der Waals surface area (Å²) < 4.78 is 0. The van der Waals surface area contributed by atoms with Gasteiger partial charge in [-0.1, -0.05) is 32.1 Å². The summed E-state index contributed by atoms with van der Waals surface area (Å²) in [5, 5.41) is 3.31. The van der Waals surface area contributed by atoms with Crippen molar-refractivity contribution >= 4 is 0 Å². The first kappa shape index (κ1) is 11.3. The van der Waals surface area contributed by atoms with Gasteiger partial charge in [-0.3, -0.25) is 0 Å². The SMILES string of the molecule is C=C(C/C(C)=C/C)NCC(C)C. The van der Waals surface area contributed by atoms with Gasteiger partial charge in [0.15, 0.2) is 0 Å². The summed E-state index contributed by atoms with van der Waals surface area (Å²) in [7, 11) is 0. The van der Waals surface area contributed by atoms with Gasteiger partial charge < -0.3 is 5.32 Å². The predicted molar refractivity (Wildman–Crippen MR) is 56.0 cm³/mol. The molecule has 0 aliphatic rings. The van der Waals surface area contributed by atoms with Gasteiger partial charge >= 0.3 is 0 Å². The third kappa shape index (κ3) is 6.02. The highest BCUT2D eigenvalue weighted by atomic mass is 14.9. The largest absolute Gasteiger partial charge is 0.388 e. The summed E-state index contributed by atoms with van der Waals surface area (Å²) >= 11 is 0. The lowest BCUT2D eigenvalue weighted by Crippen LogP contribution is -2.18. The fourth-order valence-electron chi connectivity index (χ4n) is 0.850. The molecule has 1 N–H and O–H groups in total. The molecule has 0 saturated heterocycles. The quantitative estimate of drug-likeness (QED) is 0.620. The highest BCUT2D eigenvalue weighted by molar-refractivity contribution is 5.08. The normalized spacial score (nSPS) is 11.9. The number of rotatable bonds is 5. The van der Waals surface area contributed by atoms with Crippen molar-refractivity contribution in [3.63, 3.8) is 0 Å². The minimum atomic E-state index is 0.688. The molecule has 12 heavy (non-hydrogen) atoms. The van der Waals surface area contributed by atoms with Crippen LogP contribution < -0.4 is 5.32 Å². The van der Waals surface area contributed by atoms with Crippen LogP contribution in [-0.4, -0.2) is 6.54 Å². The van der Waals surface area contributed by atoms with Gasteiger partial charge in [0.05, 0.1) is 0 Å². The lowest BCUT2D eigenvalue weighted by Gasteiger charge is -2.11. The lowest BCUT2D eigenvalue weighted by molar-refractivity contribution is 0.591. The second-order valence-electron chi connectivity index (χ2n) is 3.69. The van der Waals surface area contributed by atoms with E-state index in [0.29, 0.717) is 5.92 Å². The van der Waals surface area contributed by atoms with E-state index >= 15 is 0 Å². The molecule has 0 atom stereocenters. The van der Waals surface area contributed by atoms with Gasteiger partial charge in [-0.05, 0) is 19.8 Å². The zero-order chi connectivity index (χ0) is 9.56. The molecule has 70 valence electrons. The van der Waals surface area contributed by atoms with E-state index in [1.165, 1.54) is 5.57 Å². The van der Waals surface area contributed by atoms with Crippen LogP contribution in [0.3, 0.4) is 0 Å². The molecule has 0 spiro atoms. The fraction of sp³-hybridized carbons (Fsp3) is 0.636. The molecule has 0 aliphatic heterocycles. The minimum absolute atomic E-state index is 0.688. The minimum Gasteiger partial charge on any atom is -0.388 e. The molecular formula is C11H21N. The number of hydrogen-bond donors (Lipinski definition) is 1. The molecule has 0 rings (SSSR count). The van der Waals surface area contributed by atoms with Gasteiger partial charge in [0, 0.05) is 18.7 Å². The van der Waals surface area contributed by atoms with Gasteiger partial charge in [-0.25, -0.2) is 0 Å². The average Bonchev–Trinajstić information content (AvgIpc) is 2.00. The zero-order valence-electron chi connectivity index (χ0n) is 8.78. The first-order valence-corrected chi connectivity index (χ1v) is 4.59. The van der Waals surface area contributed by atoms with Crippen LogP contribution in [0.2, 0.25) is 0 Å². The molecule has 1 heteroatoms. The smallest absolute Gasteiger partial charge is 0.0166 e. The Labute approximate surface area is 76.6 Å². The molecule has 0 bridgehead atoms. The molecule has 0 radical (unpaired) electrons. The van der Waals surface area contributed by atoms with Crippen LogP contribution in [0.5, 0.6) is 0 Å². The van der Waals surface area contributed by atoms with Crippen LogP contribution in [0.1, 0.15) is 34.1 Å². The highest BCUT2D eigenvalue weighted by Gasteiger charge is 1.96. The Morgan fingerprint density at radius 3 is 2.50 bits per heavy atom. The predicted octanol–water partition coefficient (Wildman–Crippen LogP) is 3.10. The van der Waals surface area contributed by atoms with Gasteiger partial charge in [0.25, 0.3) is 0 Å². The fourth-order valence-corrected chi connectivity index (χ4v) is 0.850. The number of allylic oxidation sites excluding steroid dienone is 2. The molecule has 0 aromatic rings. The van der Waals surface area contributed by atoms with Crippen LogP contribution >= 0.6 is 0 Å². The zero-order valence-corrected chi connectivity index (χ0v) is 8.78. The summed E-state index contributed by atoms with van der Waals surface area (Å²) in [4.78, 5) is 0. The van der Waals surface area contributed by atoms with Crippen molar-refractivity contribution < 1.29 is 0 Å². The topological polar surface area (TPSA) is 12.0 Å². The van der Waals surface area contributed by atoms with E-state index in [1.807, 2.05) is 0 Å². The number of nitrogens with one attached hydrogen (secondary N) is 1. The van der Waals surface area contributed by atoms with Gasteiger partial charge in [-0.15, -0.1) is 0 Å². The molecule has 0 aliphatic carbocycles. The van der Waals surface area contributed by atoms with Crippen molar-refractivity contribution in [1.82, 2.24) is 5.32 Å². The van der Waals surface area contributed by atoms with E-state index in [9.17, 15) is 0 Å². The Kier molecular flexibility index (Phi) is 5.52. The average molecular weight is 167 g/mol. The molecule has 0 heterocycles. The van der Waals surface area contributed by atoms with E-state index in [4.69, 9.17) is 0 Å². The first-order valence-electron chi connectivity index (χ1n) is 4.59. The van der Waals surface area contributed by atoms with Crippen LogP contribution in [0.4, 0.5) is 0 Å². The second-order valence-corrected chi connectivity index (χ2v) is 3.69. The van der Waals surface area contributed by atoms with Crippen molar-refractivity contribution in [2.45, 2.75) is 34.1 Å². The van der Waals surface area contributed by atoms with Crippen LogP contribution in [0, 0.1) is 5.92 Å². The van der Waals surface area contributed by atoms with E-state index < -0.39 is 0 Å². The van der Waals surface area contributed by atoms with Gasteiger partial charge in [0.1, 0.15) is 0 Å². The maximum atomic E-state index is 3.96. The molecule has 0 aromatic carbocycles. The summed E-state index contributed by atoms with van der Waals surface area (Å²) in [6, 6.07) is 0. The monoisotopic (exact) mass is 167 g/mol. The lowest BCUT2D eigenvalue weighted by atomic mass is 10.1. The maximum absolute atomic E-state index is 3.96. The Morgan fingerprint density at radius 1 is 1.50 bits per heavy atom. The van der Waals surface area contributed by atoms with Gasteiger partial charge in [-0.2, -0.15) is 0 Å². The summed E-state index contributed by atoms with van der Waals surface area (Å²) in [6.45, 7) is 13.6. The highest BCUT2D eigenvalue weighted by Crippen LogP contribution is 2.05. The van der Waals surface area contributed by atoms with Crippen molar-refractivity contribution in [2.75, 3.05) is 6.54 Å². The summed E-state index contributed by atoms with van der Waals surface area (Å²) in [6.07, 6.45) is 3.10. The van der Waals surface area contributed by atoms with E-state index in [-0.39, 0.29) is 0 Å². The van der Waals surface area contributed by atoms with Crippen LogP contribution in [-0.2, 0) is 0 Å². The second kappa shape index (κ2) is 5.87. The van der Waals surface area contributed by atoms with Crippen molar-refractivity contribution in [3.8, 4) is 0 Å². The van der Waals surface area contributed by atoms with Crippen LogP contribution in [0.15, 0.2) is 23.9 Å². The van der Waals surface area contributed by atoms with Crippen LogP contribution in [0.25, 0.3) is 0 Å². The molecule has 1 nitrogen and oxygen atoms in total. The third-order valence-electron chi connectivity index (χ3n) is 1.75. The van der Waals surface area contributed by atoms with Crippen molar-refractivity contribution in [1.29, 1.82) is 0 Å². The van der Waals surface area contributed by atoms with E-state index in [1.54, 1.807) is 0 Å². The Hall–Kier alpha value is -0.720. The Bertz CT molecular complexity index is 166. The molecule has 0 aromatic heterocycles. The summed E-state index contributed by atoms with van der Waals surface area (Å²) in [5.41, 5.74) is 2.50. The Morgan fingerprint density at radius 2 is 2.08 bits per heavy atom. The van der Waals surface area contributed by atoms with Crippen molar-refractivity contribution in [3.05, 3.63) is 23.9 Å². The Balaban J connectivity index is 3.61. The maximum Gasteiger partial charge on any atom is 0.0166 e. The van der Waals surface area contributed by atoms with E-state index in [2.05, 4.69) is 45.7 Å². The van der Waals surface area contributed by atoms with E-state index in [0.717, 1.165) is 18.7 Å².